The maximum atomic E-state index is 12.6. The Balaban J connectivity index is 0.00000182. The smallest absolute Gasteiger partial charge is 0.229 e. The number of rotatable bonds is 4. The number of amides is 1. The molecule has 4 nitrogen and oxygen atoms in total. The minimum absolute atomic E-state index is 0. The Bertz CT molecular complexity index is 717. The van der Waals surface area contributed by atoms with Crippen molar-refractivity contribution >= 4 is 35.4 Å². The van der Waals surface area contributed by atoms with Crippen molar-refractivity contribution in [2.45, 2.75) is 25.3 Å². The van der Waals surface area contributed by atoms with E-state index < -0.39 is 0 Å². The van der Waals surface area contributed by atoms with Crippen LogP contribution in [0.4, 0.5) is 17.1 Å². The molecule has 2 aliphatic rings. The normalized spacial score (nSPS) is 26.8. The fraction of sp³-hybridized carbons (Fsp3) is 0.350. The molecular formula is C20H24ClN3O. The highest BCUT2D eigenvalue weighted by atomic mass is 35.5. The van der Waals surface area contributed by atoms with Crippen molar-refractivity contribution < 1.29 is 4.79 Å². The Morgan fingerprint density at radius 2 is 1.48 bits per heavy atom. The van der Waals surface area contributed by atoms with Gasteiger partial charge in [0.15, 0.2) is 0 Å². The maximum absolute atomic E-state index is 12.6. The molecule has 25 heavy (non-hydrogen) atoms. The quantitative estimate of drug-likeness (QED) is 0.769. The Kier molecular flexibility index (Phi) is 5.30. The molecule has 0 aromatic heterocycles. The van der Waals surface area contributed by atoms with E-state index in [4.69, 9.17) is 5.73 Å². The molecule has 0 aliphatic heterocycles. The number of nitrogens with one attached hydrogen (secondary N) is 2. The molecule has 4 rings (SSSR count). The second-order valence-electron chi connectivity index (χ2n) is 6.99. The van der Waals surface area contributed by atoms with Crippen LogP contribution >= 0.6 is 12.4 Å². The summed E-state index contributed by atoms with van der Waals surface area (Å²) in [5.74, 6) is 1.08. The van der Waals surface area contributed by atoms with Crippen molar-refractivity contribution in [1.29, 1.82) is 0 Å². The van der Waals surface area contributed by atoms with Gasteiger partial charge in [-0.2, -0.15) is 0 Å². The Morgan fingerprint density at radius 1 is 0.880 bits per heavy atom. The van der Waals surface area contributed by atoms with E-state index in [0.29, 0.717) is 11.8 Å². The minimum Gasteiger partial charge on any atom is -0.356 e. The van der Waals surface area contributed by atoms with Crippen molar-refractivity contribution in [2.75, 3.05) is 10.6 Å². The number of para-hydroxylation sites is 1. The van der Waals surface area contributed by atoms with Crippen LogP contribution in [0.2, 0.25) is 0 Å². The molecule has 5 heteroatoms. The summed E-state index contributed by atoms with van der Waals surface area (Å²) in [6.45, 7) is 0. The molecule has 0 spiro atoms. The van der Waals surface area contributed by atoms with E-state index in [2.05, 4.69) is 10.6 Å². The first kappa shape index (κ1) is 17.8. The number of carbonyl (C=O) groups is 1. The van der Waals surface area contributed by atoms with Crippen LogP contribution in [0.5, 0.6) is 0 Å². The standard InChI is InChI=1S/C20H23N3O.ClH/c21-19-14-7-6-13(12-14)18(19)20(24)23-17-10-8-16(9-11-17)22-15-4-2-1-3-5-15;/h1-5,8-11,13-14,18-19,22H,6-7,12,21H2,(H,23,24);1H. The summed E-state index contributed by atoms with van der Waals surface area (Å²) in [5.41, 5.74) is 9.13. The molecule has 0 heterocycles. The molecule has 4 unspecified atom stereocenters. The second-order valence-corrected chi connectivity index (χ2v) is 6.99. The molecule has 2 aromatic rings. The number of benzene rings is 2. The van der Waals surface area contributed by atoms with Crippen molar-refractivity contribution in [1.82, 2.24) is 0 Å². The molecule has 2 aliphatic carbocycles. The van der Waals surface area contributed by atoms with Gasteiger partial charge in [-0.15, -0.1) is 12.4 Å². The van der Waals surface area contributed by atoms with Gasteiger partial charge in [-0.3, -0.25) is 4.79 Å². The van der Waals surface area contributed by atoms with Crippen molar-refractivity contribution in [3.05, 3.63) is 54.6 Å². The average Bonchev–Trinajstić information content (AvgIpc) is 3.18. The van der Waals surface area contributed by atoms with Gasteiger partial charge in [0, 0.05) is 23.1 Å². The van der Waals surface area contributed by atoms with Gasteiger partial charge < -0.3 is 16.4 Å². The van der Waals surface area contributed by atoms with E-state index in [-0.39, 0.29) is 30.3 Å². The third-order valence-electron chi connectivity index (χ3n) is 5.50. The van der Waals surface area contributed by atoms with Gasteiger partial charge in [0.1, 0.15) is 0 Å². The number of halogens is 1. The summed E-state index contributed by atoms with van der Waals surface area (Å²) >= 11 is 0. The van der Waals surface area contributed by atoms with E-state index in [0.717, 1.165) is 29.9 Å². The lowest BCUT2D eigenvalue weighted by Gasteiger charge is -2.27. The predicted octanol–water partition coefficient (Wildman–Crippen LogP) is 4.16. The summed E-state index contributed by atoms with van der Waals surface area (Å²) in [7, 11) is 0. The molecule has 0 radical (unpaired) electrons. The van der Waals surface area contributed by atoms with Gasteiger partial charge in [-0.1, -0.05) is 18.2 Å². The highest BCUT2D eigenvalue weighted by molar-refractivity contribution is 5.93. The van der Waals surface area contributed by atoms with Crippen LogP contribution in [-0.4, -0.2) is 11.9 Å². The van der Waals surface area contributed by atoms with Crippen LogP contribution in [0.1, 0.15) is 19.3 Å². The molecule has 2 fully saturated rings. The topological polar surface area (TPSA) is 67.2 Å². The Morgan fingerprint density at radius 3 is 2.12 bits per heavy atom. The molecule has 132 valence electrons. The van der Waals surface area contributed by atoms with E-state index in [1.54, 1.807) is 0 Å². The summed E-state index contributed by atoms with van der Waals surface area (Å²) in [5, 5.41) is 6.38. The summed E-state index contributed by atoms with van der Waals surface area (Å²) < 4.78 is 0. The molecule has 1 amide bonds. The zero-order chi connectivity index (χ0) is 16.5. The van der Waals surface area contributed by atoms with Crippen LogP contribution < -0.4 is 16.4 Å². The van der Waals surface area contributed by atoms with Gasteiger partial charge in [0.25, 0.3) is 0 Å². The minimum atomic E-state index is -0.0223. The zero-order valence-corrected chi connectivity index (χ0v) is 14.8. The van der Waals surface area contributed by atoms with Gasteiger partial charge in [-0.25, -0.2) is 0 Å². The van der Waals surface area contributed by atoms with Crippen LogP contribution in [-0.2, 0) is 4.79 Å². The highest BCUT2D eigenvalue weighted by Crippen LogP contribution is 2.47. The van der Waals surface area contributed by atoms with Crippen LogP contribution in [0, 0.1) is 17.8 Å². The fourth-order valence-electron chi connectivity index (χ4n) is 4.28. The van der Waals surface area contributed by atoms with E-state index in [1.807, 2.05) is 54.6 Å². The SMILES string of the molecule is Cl.NC1C2CCC(C2)C1C(=O)Nc1ccc(Nc2ccccc2)cc1. The van der Waals surface area contributed by atoms with Crippen LogP contribution in [0.15, 0.2) is 54.6 Å². The van der Waals surface area contributed by atoms with E-state index >= 15 is 0 Å². The van der Waals surface area contributed by atoms with E-state index in [1.165, 1.54) is 6.42 Å². The first-order valence-electron chi connectivity index (χ1n) is 8.69. The molecule has 2 saturated carbocycles. The molecule has 2 bridgehead atoms. The average molecular weight is 358 g/mol. The lowest BCUT2D eigenvalue weighted by atomic mass is 9.84. The fourth-order valence-corrected chi connectivity index (χ4v) is 4.28. The number of hydrogen-bond donors (Lipinski definition) is 3. The first-order valence-corrected chi connectivity index (χ1v) is 8.69. The highest BCUT2D eigenvalue weighted by Gasteiger charge is 2.49. The van der Waals surface area contributed by atoms with Gasteiger partial charge in [0.05, 0.1) is 5.92 Å². The number of anilines is 3. The van der Waals surface area contributed by atoms with E-state index in [9.17, 15) is 4.79 Å². The lowest BCUT2D eigenvalue weighted by Crippen LogP contribution is -2.42. The maximum Gasteiger partial charge on any atom is 0.229 e. The van der Waals surface area contributed by atoms with Crippen molar-refractivity contribution in [3.8, 4) is 0 Å². The third-order valence-corrected chi connectivity index (χ3v) is 5.50. The number of fused-ring (bicyclic) bond motifs is 2. The first-order chi connectivity index (χ1) is 11.7. The predicted molar refractivity (Wildman–Crippen MR) is 104 cm³/mol. The van der Waals surface area contributed by atoms with Gasteiger partial charge >= 0.3 is 0 Å². The van der Waals surface area contributed by atoms with Crippen molar-refractivity contribution in [2.24, 2.45) is 23.5 Å². The second kappa shape index (κ2) is 7.46. The number of nitrogens with two attached hydrogens (primary N) is 1. The number of carbonyl (C=O) groups excluding carboxylic acids is 1. The van der Waals surface area contributed by atoms with Gasteiger partial charge in [0.2, 0.25) is 5.91 Å². The Labute approximate surface area is 154 Å². The molecule has 4 atom stereocenters. The number of hydrogen-bond acceptors (Lipinski definition) is 3. The molecule has 4 N–H and O–H groups in total. The van der Waals surface area contributed by atoms with Crippen LogP contribution in [0.25, 0.3) is 0 Å². The summed E-state index contributed by atoms with van der Waals surface area (Å²) in [6, 6.07) is 17.9. The van der Waals surface area contributed by atoms with Crippen molar-refractivity contribution in [3.63, 3.8) is 0 Å². The molecular weight excluding hydrogens is 334 g/mol. The largest absolute Gasteiger partial charge is 0.356 e. The molecule has 2 aromatic carbocycles. The Hall–Kier alpha value is -2.04. The lowest BCUT2D eigenvalue weighted by molar-refractivity contribution is -0.121. The third kappa shape index (κ3) is 3.65. The molecule has 0 saturated heterocycles. The summed E-state index contributed by atoms with van der Waals surface area (Å²) in [4.78, 5) is 12.6. The van der Waals surface area contributed by atoms with Crippen LogP contribution in [0.3, 0.4) is 0 Å². The zero-order valence-electron chi connectivity index (χ0n) is 14.0. The van der Waals surface area contributed by atoms with Gasteiger partial charge in [-0.05, 0) is 67.5 Å². The monoisotopic (exact) mass is 357 g/mol. The summed E-state index contributed by atoms with van der Waals surface area (Å²) in [6.07, 6.45) is 3.46.